The first-order chi connectivity index (χ1) is 6.87. The standard InChI is InChI=1S/C10H21NO3S/c1-3-4-5-6-10(12)9(11)7-8-15(2,13)14/h9H,3-8,11H2,1-2H3. The topological polar surface area (TPSA) is 77.2 Å². The summed E-state index contributed by atoms with van der Waals surface area (Å²) in [6.45, 7) is 2.06. The molecular weight excluding hydrogens is 214 g/mol. The van der Waals surface area contributed by atoms with Crippen LogP contribution in [0.1, 0.15) is 39.0 Å². The lowest BCUT2D eigenvalue weighted by Crippen LogP contribution is -2.32. The number of hydrogen-bond acceptors (Lipinski definition) is 4. The van der Waals surface area contributed by atoms with Crippen LogP contribution in [0.3, 0.4) is 0 Å². The van der Waals surface area contributed by atoms with E-state index >= 15 is 0 Å². The first-order valence-electron chi connectivity index (χ1n) is 5.33. The summed E-state index contributed by atoms with van der Waals surface area (Å²) in [4.78, 5) is 11.4. The summed E-state index contributed by atoms with van der Waals surface area (Å²) < 4.78 is 21.7. The number of unbranched alkanes of at least 4 members (excludes halogenated alkanes) is 2. The molecule has 1 unspecified atom stereocenters. The molecule has 0 rings (SSSR count). The van der Waals surface area contributed by atoms with Gasteiger partial charge in [0.2, 0.25) is 0 Å². The van der Waals surface area contributed by atoms with E-state index in [2.05, 4.69) is 6.92 Å². The van der Waals surface area contributed by atoms with Crippen molar-refractivity contribution < 1.29 is 13.2 Å². The van der Waals surface area contributed by atoms with E-state index in [0.717, 1.165) is 25.5 Å². The van der Waals surface area contributed by atoms with Crippen molar-refractivity contribution in [3.63, 3.8) is 0 Å². The van der Waals surface area contributed by atoms with Gasteiger partial charge in [0.05, 0.1) is 11.8 Å². The molecule has 0 radical (unpaired) electrons. The fraction of sp³-hybridized carbons (Fsp3) is 0.900. The highest BCUT2D eigenvalue weighted by Crippen LogP contribution is 2.04. The van der Waals surface area contributed by atoms with Crippen molar-refractivity contribution in [1.29, 1.82) is 0 Å². The number of Topliss-reactive ketones (excluding diaryl/α,β-unsaturated/α-hetero) is 1. The molecule has 90 valence electrons. The zero-order chi connectivity index (χ0) is 11.9. The highest BCUT2D eigenvalue weighted by Gasteiger charge is 2.15. The molecule has 0 bridgehead atoms. The van der Waals surface area contributed by atoms with Gasteiger partial charge in [0.1, 0.15) is 15.6 Å². The van der Waals surface area contributed by atoms with Crippen molar-refractivity contribution in [2.24, 2.45) is 5.73 Å². The van der Waals surface area contributed by atoms with Gasteiger partial charge in [0.25, 0.3) is 0 Å². The van der Waals surface area contributed by atoms with Crippen LogP contribution in [-0.2, 0) is 14.6 Å². The Hall–Kier alpha value is -0.420. The van der Waals surface area contributed by atoms with Crippen LogP contribution < -0.4 is 5.73 Å². The summed E-state index contributed by atoms with van der Waals surface area (Å²) in [5.74, 6) is -0.0275. The maximum absolute atomic E-state index is 11.4. The molecule has 0 heterocycles. The molecule has 1 atom stereocenters. The molecule has 5 heteroatoms. The predicted molar refractivity (Wildman–Crippen MR) is 61.5 cm³/mol. The molecule has 0 amide bonds. The summed E-state index contributed by atoms with van der Waals surface area (Å²) in [5.41, 5.74) is 5.59. The predicted octanol–water partition coefficient (Wildman–Crippen LogP) is 0.898. The molecule has 2 N–H and O–H groups in total. The smallest absolute Gasteiger partial charge is 0.149 e. The van der Waals surface area contributed by atoms with Gasteiger partial charge in [-0.05, 0) is 12.8 Å². The summed E-state index contributed by atoms with van der Waals surface area (Å²) >= 11 is 0. The lowest BCUT2D eigenvalue weighted by molar-refractivity contribution is -0.120. The van der Waals surface area contributed by atoms with Crippen molar-refractivity contribution in [3.05, 3.63) is 0 Å². The second kappa shape index (κ2) is 6.95. The van der Waals surface area contributed by atoms with E-state index in [9.17, 15) is 13.2 Å². The minimum Gasteiger partial charge on any atom is -0.321 e. The molecule has 0 aromatic heterocycles. The largest absolute Gasteiger partial charge is 0.321 e. The lowest BCUT2D eigenvalue weighted by Gasteiger charge is -2.09. The quantitative estimate of drug-likeness (QED) is 0.634. The van der Waals surface area contributed by atoms with E-state index in [1.165, 1.54) is 0 Å². The van der Waals surface area contributed by atoms with Gasteiger partial charge in [-0.2, -0.15) is 0 Å². The molecule has 0 fully saturated rings. The Morgan fingerprint density at radius 2 is 1.93 bits per heavy atom. The number of rotatable bonds is 8. The van der Waals surface area contributed by atoms with Crippen LogP contribution in [0.4, 0.5) is 0 Å². The Balaban J connectivity index is 3.79. The van der Waals surface area contributed by atoms with E-state index in [0.29, 0.717) is 6.42 Å². The minimum absolute atomic E-state index is 0.00627. The minimum atomic E-state index is -3.01. The van der Waals surface area contributed by atoms with E-state index in [-0.39, 0.29) is 18.0 Å². The van der Waals surface area contributed by atoms with Gasteiger partial charge in [-0.15, -0.1) is 0 Å². The zero-order valence-corrected chi connectivity index (χ0v) is 10.3. The Bertz CT molecular complexity index is 285. The van der Waals surface area contributed by atoms with Gasteiger partial charge < -0.3 is 5.73 Å². The summed E-state index contributed by atoms with van der Waals surface area (Å²) in [5, 5.41) is 0. The van der Waals surface area contributed by atoms with Crippen molar-refractivity contribution in [2.45, 2.75) is 45.1 Å². The maximum atomic E-state index is 11.4. The highest BCUT2D eigenvalue weighted by molar-refractivity contribution is 7.90. The maximum Gasteiger partial charge on any atom is 0.149 e. The monoisotopic (exact) mass is 235 g/mol. The number of nitrogens with two attached hydrogens (primary N) is 1. The third-order valence-corrected chi connectivity index (χ3v) is 3.22. The molecular formula is C10H21NO3S. The third-order valence-electron chi connectivity index (χ3n) is 2.24. The van der Waals surface area contributed by atoms with E-state index < -0.39 is 15.9 Å². The number of carbonyl (C=O) groups is 1. The number of carbonyl (C=O) groups excluding carboxylic acids is 1. The van der Waals surface area contributed by atoms with Gasteiger partial charge in [-0.25, -0.2) is 8.42 Å². The van der Waals surface area contributed by atoms with Crippen LogP contribution >= 0.6 is 0 Å². The molecule has 0 spiro atoms. The summed E-state index contributed by atoms with van der Waals surface area (Å²) in [6, 6.07) is -0.614. The zero-order valence-electron chi connectivity index (χ0n) is 9.53. The molecule has 0 aliphatic rings. The second-order valence-corrected chi connectivity index (χ2v) is 6.21. The Labute approximate surface area is 92.2 Å². The van der Waals surface area contributed by atoms with Crippen molar-refractivity contribution in [2.75, 3.05) is 12.0 Å². The van der Waals surface area contributed by atoms with Gasteiger partial charge in [0, 0.05) is 12.7 Å². The van der Waals surface area contributed by atoms with Crippen LogP contribution in [0.15, 0.2) is 0 Å². The fourth-order valence-corrected chi connectivity index (χ4v) is 1.92. The van der Waals surface area contributed by atoms with Crippen LogP contribution in [-0.4, -0.2) is 32.3 Å². The van der Waals surface area contributed by atoms with Gasteiger partial charge in [0.15, 0.2) is 0 Å². The van der Waals surface area contributed by atoms with E-state index in [4.69, 9.17) is 5.73 Å². The molecule has 0 aliphatic carbocycles. The molecule has 0 aromatic rings. The first kappa shape index (κ1) is 14.6. The van der Waals surface area contributed by atoms with Crippen LogP contribution in [0, 0.1) is 0 Å². The molecule has 15 heavy (non-hydrogen) atoms. The van der Waals surface area contributed by atoms with Gasteiger partial charge in [-0.1, -0.05) is 19.8 Å². The third kappa shape index (κ3) is 8.57. The molecule has 0 aromatic carbocycles. The molecule has 0 saturated heterocycles. The van der Waals surface area contributed by atoms with Crippen LogP contribution in [0.5, 0.6) is 0 Å². The van der Waals surface area contributed by atoms with Crippen LogP contribution in [0.2, 0.25) is 0 Å². The number of hydrogen-bond donors (Lipinski definition) is 1. The highest BCUT2D eigenvalue weighted by atomic mass is 32.2. The number of ketones is 1. The van der Waals surface area contributed by atoms with Gasteiger partial charge >= 0.3 is 0 Å². The number of sulfone groups is 1. The Morgan fingerprint density at radius 1 is 1.33 bits per heavy atom. The SMILES string of the molecule is CCCCCC(=O)C(N)CCS(C)(=O)=O. The average molecular weight is 235 g/mol. The molecule has 4 nitrogen and oxygen atoms in total. The van der Waals surface area contributed by atoms with Crippen LogP contribution in [0.25, 0.3) is 0 Å². The first-order valence-corrected chi connectivity index (χ1v) is 7.39. The van der Waals surface area contributed by atoms with Crippen molar-refractivity contribution in [3.8, 4) is 0 Å². The normalized spacial score (nSPS) is 13.8. The van der Waals surface area contributed by atoms with Crippen molar-refractivity contribution >= 4 is 15.6 Å². The van der Waals surface area contributed by atoms with E-state index in [1.807, 2.05) is 0 Å². The van der Waals surface area contributed by atoms with Crippen molar-refractivity contribution in [1.82, 2.24) is 0 Å². The second-order valence-electron chi connectivity index (χ2n) is 3.95. The Kier molecular flexibility index (Phi) is 6.76. The molecule has 0 aliphatic heterocycles. The lowest BCUT2D eigenvalue weighted by atomic mass is 10.0. The Morgan fingerprint density at radius 3 is 2.40 bits per heavy atom. The summed E-state index contributed by atoms with van der Waals surface area (Å²) in [7, 11) is -3.01. The molecule has 0 saturated carbocycles. The fourth-order valence-electron chi connectivity index (χ4n) is 1.24. The van der Waals surface area contributed by atoms with Gasteiger partial charge in [-0.3, -0.25) is 4.79 Å². The summed E-state index contributed by atoms with van der Waals surface area (Å²) in [6.07, 6.45) is 4.79. The van der Waals surface area contributed by atoms with E-state index in [1.54, 1.807) is 0 Å². The average Bonchev–Trinajstić information content (AvgIpc) is 2.13.